The van der Waals surface area contributed by atoms with Gasteiger partial charge in [0, 0.05) is 0 Å². The largest absolute Gasteiger partial charge is 0.0801 e. The van der Waals surface area contributed by atoms with Crippen molar-refractivity contribution in [2.75, 3.05) is 0 Å². The lowest BCUT2D eigenvalue weighted by Gasteiger charge is -2.43. The van der Waals surface area contributed by atoms with Crippen LogP contribution in [0.25, 0.3) is 34.1 Å². The summed E-state index contributed by atoms with van der Waals surface area (Å²) < 4.78 is 0. The number of fused-ring (bicyclic) bond motifs is 2. The van der Waals surface area contributed by atoms with Gasteiger partial charge in [-0.25, -0.2) is 0 Å². The zero-order valence-corrected chi connectivity index (χ0v) is 20.1. The number of rotatable bonds is 2. The van der Waals surface area contributed by atoms with E-state index in [1.54, 1.807) is 0 Å². The lowest BCUT2D eigenvalue weighted by atomic mass is 9.91. The summed E-state index contributed by atoms with van der Waals surface area (Å²) in [6.45, 7) is 14.5. The van der Waals surface area contributed by atoms with Gasteiger partial charge in [0.15, 0.2) is 0 Å². The molecule has 0 saturated heterocycles. The van der Waals surface area contributed by atoms with Crippen LogP contribution < -0.4 is 5.30 Å². The zero-order valence-electron chi connectivity index (χ0n) is 19.2. The Morgan fingerprint density at radius 1 is 0.700 bits per heavy atom. The second-order valence-electron chi connectivity index (χ2n) is 10.2. The monoisotopic (exact) mass is 412 g/mol. The number of hydrogen-bond donors (Lipinski definition) is 0. The summed E-state index contributed by atoms with van der Waals surface area (Å²) in [5.41, 5.74) is 5.50. The molecule has 0 saturated carbocycles. The average Bonchev–Trinajstić information content (AvgIpc) is 2.91. The minimum absolute atomic E-state index is 0.214. The fourth-order valence-electron chi connectivity index (χ4n) is 5.05. The van der Waals surface area contributed by atoms with Gasteiger partial charge in [-0.3, -0.25) is 0 Å². The summed E-state index contributed by atoms with van der Waals surface area (Å²) in [6, 6.07) is 20.4. The van der Waals surface area contributed by atoms with Crippen molar-refractivity contribution < 1.29 is 0 Å². The summed E-state index contributed by atoms with van der Waals surface area (Å²) in [7, 11) is -0.420. The lowest BCUT2D eigenvalue weighted by Crippen LogP contribution is -2.32. The van der Waals surface area contributed by atoms with Gasteiger partial charge in [-0.15, -0.1) is 0 Å². The van der Waals surface area contributed by atoms with Gasteiger partial charge in [-0.1, -0.05) is 128 Å². The lowest BCUT2D eigenvalue weighted by molar-refractivity contribution is 0.715. The smallest absolute Gasteiger partial charge is 0.00219 e. The Labute approximate surface area is 183 Å². The van der Waals surface area contributed by atoms with Crippen molar-refractivity contribution in [1.29, 1.82) is 0 Å². The molecule has 0 atom stereocenters. The molecule has 4 rings (SSSR count). The van der Waals surface area contributed by atoms with Crippen LogP contribution in [0.2, 0.25) is 0 Å². The second kappa shape index (κ2) is 7.82. The van der Waals surface area contributed by atoms with Crippen molar-refractivity contribution in [1.82, 2.24) is 0 Å². The van der Waals surface area contributed by atoms with Gasteiger partial charge in [-0.2, -0.15) is 0 Å². The zero-order chi connectivity index (χ0) is 21.5. The molecule has 0 heterocycles. The van der Waals surface area contributed by atoms with Gasteiger partial charge in [0.05, 0.1) is 0 Å². The first-order valence-corrected chi connectivity index (χ1v) is 12.3. The van der Waals surface area contributed by atoms with Crippen LogP contribution in [0.1, 0.15) is 59.1 Å². The molecule has 154 valence electrons. The molecule has 0 radical (unpaired) electrons. The quantitative estimate of drug-likeness (QED) is 0.369. The van der Waals surface area contributed by atoms with E-state index in [0.717, 1.165) is 6.42 Å². The highest BCUT2D eigenvalue weighted by Gasteiger charge is 2.37. The van der Waals surface area contributed by atoms with Crippen LogP contribution in [0.3, 0.4) is 0 Å². The van der Waals surface area contributed by atoms with Gasteiger partial charge in [-0.05, 0) is 55.1 Å². The molecule has 0 unspecified atom stereocenters. The molecule has 0 N–H and O–H groups in total. The summed E-state index contributed by atoms with van der Waals surface area (Å²) in [5.74, 6) is 0. The maximum Gasteiger partial charge on any atom is -0.00219 e. The first kappa shape index (κ1) is 21.1. The third kappa shape index (κ3) is 3.91. The molecule has 1 aliphatic rings. The molecular formula is C29H33P. The molecule has 0 aliphatic heterocycles. The molecule has 0 nitrogen and oxygen atoms in total. The number of benzene rings is 3. The molecule has 0 amide bonds. The summed E-state index contributed by atoms with van der Waals surface area (Å²) in [6.07, 6.45) is 10.2. The predicted octanol–water partition coefficient (Wildman–Crippen LogP) is 8.64. The van der Waals surface area contributed by atoms with Crippen LogP contribution in [0.4, 0.5) is 0 Å². The van der Waals surface area contributed by atoms with Crippen LogP contribution >= 0.6 is 7.92 Å². The summed E-state index contributed by atoms with van der Waals surface area (Å²) >= 11 is 0. The highest BCUT2D eigenvalue weighted by molar-refractivity contribution is 7.68. The van der Waals surface area contributed by atoms with E-state index in [4.69, 9.17) is 0 Å². The van der Waals surface area contributed by atoms with Gasteiger partial charge in [0.25, 0.3) is 0 Å². The van der Waals surface area contributed by atoms with Gasteiger partial charge >= 0.3 is 0 Å². The summed E-state index contributed by atoms with van der Waals surface area (Å²) in [4.78, 5) is 0. The normalized spacial score (nSPS) is 14.2. The van der Waals surface area contributed by atoms with E-state index in [2.05, 4.69) is 120 Å². The van der Waals surface area contributed by atoms with E-state index in [-0.39, 0.29) is 10.3 Å². The highest BCUT2D eigenvalue weighted by Crippen LogP contribution is 2.60. The second-order valence-corrected chi connectivity index (χ2v) is 14.0. The van der Waals surface area contributed by atoms with Gasteiger partial charge in [0.1, 0.15) is 0 Å². The first-order chi connectivity index (χ1) is 14.2. The molecule has 1 aliphatic carbocycles. The van der Waals surface area contributed by atoms with E-state index < -0.39 is 7.92 Å². The van der Waals surface area contributed by atoms with Crippen LogP contribution in [0.5, 0.6) is 0 Å². The maximum atomic E-state index is 2.43. The first-order valence-electron chi connectivity index (χ1n) is 11.0. The number of hydrogen-bond acceptors (Lipinski definition) is 0. The minimum atomic E-state index is -0.420. The van der Waals surface area contributed by atoms with E-state index in [9.17, 15) is 0 Å². The van der Waals surface area contributed by atoms with Crippen molar-refractivity contribution in [2.45, 2.75) is 58.3 Å². The SMILES string of the molecule is CC(C)(C)P(c1ccc2c(c1-c1cccc3ccccc13)C=CCC=C2)C(C)(C)C. The van der Waals surface area contributed by atoms with E-state index in [1.807, 2.05) is 0 Å². The Bertz CT molecular complexity index is 1110. The van der Waals surface area contributed by atoms with Gasteiger partial charge in [0.2, 0.25) is 0 Å². The molecule has 0 bridgehead atoms. The molecule has 1 heteroatoms. The van der Waals surface area contributed by atoms with Crippen molar-refractivity contribution in [3.05, 3.63) is 77.9 Å². The van der Waals surface area contributed by atoms with Crippen molar-refractivity contribution >= 4 is 36.2 Å². The van der Waals surface area contributed by atoms with Crippen LogP contribution in [-0.4, -0.2) is 10.3 Å². The molecule has 0 fully saturated rings. The Hall–Kier alpha value is -2.17. The van der Waals surface area contributed by atoms with Gasteiger partial charge < -0.3 is 0 Å². The van der Waals surface area contributed by atoms with E-state index in [0.29, 0.717) is 0 Å². The third-order valence-electron chi connectivity index (χ3n) is 5.75. The Kier molecular flexibility index (Phi) is 5.50. The summed E-state index contributed by atoms with van der Waals surface area (Å²) in [5, 5.41) is 4.60. The van der Waals surface area contributed by atoms with Crippen molar-refractivity contribution in [3.63, 3.8) is 0 Å². The maximum absolute atomic E-state index is 2.43. The molecule has 3 aromatic rings. The molecule has 30 heavy (non-hydrogen) atoms. The van der Waals surface area contributed by atoms with Crippen molar-refractivity contribution in [3.8, 4) is 11.1 Å². The topological polar surface area (TPSA) is 0 Å². The predicted molar refractivity (Wildman–Crippen MR) is 138 cm³/mol. The molecule has 0 aromatic heterocycles. The molecule has 3 aromatic carbocycles. The van der Waals surface area contributed by atoms with Crippen LogP contribution in [0, 0.1) is 0 Å². The van der Waals surface area contributed by atoms with E-state index >= 15 is 0 Å². The molecule has 0 spiro atoms. The van der Waals surface area contributed by atoms with Crippen LogP contribution in [-0.2, 0) is 0 Å². The molecular weight excluding hydrogens is 379 g/mol. The fourth-order valence-corrected chi connectivity index (χ4v) is 9.20. The highest BCUT2D eigenvalue weighted by atomic mass is 31.1. The van der Waals surface area contributed by atoms with E-state index in [1.165, 1.54) is 38.3 Å². The fraction of sp³-hybridized carbons (Fsp3) is 0.310. The average molecular weight is 413 g/mol. The Morgan fingerprint density at radius 3 is 2.10 bits per heavy atom. The van der Waals surface area contributed by atoms with Crippen LogP contribution in [0.15, 0.2) is 66.7 Å². The van der Waals surface area contributed by atoms with Crippen molar-refractivity contribution in [2.24, 2.45) is 0 Å². The Morgan fingerprint density at radius 2 is 1.37 bits per heavy atom. The standard InChI is InChI=1S/C29H33P/c1-28(2,3)30(29(4,5)6)26-20-19-22-13-8-7-9-17-24(22)27(26)25-18-12-15-21-14-10-11-16-23(21)25/h8-20H,7H2,1-6H3. The third-order valence-corrected chi connectivity index (χ3v) is 9.29. The Balaban J connectivity index is 2.14. The number of allylic oxidation sites excluding steroid dienone is 2. The minimum Gasteiger partial charge on any atom is -0.0801 e.